The van der Waals surface area contributed by atoms with Crippen LogP contribution in [0.25, 0.3) is 0 Å². The minimum absolute atomic E-state index is 0.0593. The Morgan fingerprint density at radius 1 is 1.12 bits per heavy atom. The molecule has 0 bridgehead atoms. The first kappa shape index (κ1) is 23.6. The van der Waals surface area contributed by atoms with Crippen molar-refractivity contribution in [2.24, 2.45) is 5.10 Å². The molecule has 0 fully saturated rings. The number of anilines is 2. The summed E-state index contributed by atoms with van der Waals surface area (Å²) in [5.41, 5.74) is 1.04. The van der Waals surface area contributed by atoms with Crippen LogP contribution in [-0.2, 0) is 10.0 Å². The van der Waals surface area contributed by atoms with Gasteiger partial charge in [-0.3, -0.25) is 20.3 Å². The maximum atomic E-state index is 13.9. The van der Waals surface area contributed by atoms with Crippen molar-refractivity contribution in [2.75, 3.05) is 10.1 Å². The van der Waals surface area contributed by atoms with E-state index in [9.17, 15) is 32.8 Å². The Hall–Kier alpha value is -4.03. The highest BCUT2D eigenvalue weighted by atomic mass is 35.5. The van der Waals surface area contributed by atoms with Gasteiger partial charge in [-0.15, -0.1) is 0 Å². The second kappa shape index (κ2) is 9.63. The van der Waals surface area contributed by atoms with Crippen molar-refractivity contribution in [3.05, 3.63) is 92.7 Å². The molecule has 3 N–H and O–H groups in total. The number of halogens is 2. The van der Waals surface area contributed by atoms with Crippen molar-refractivity contribution in [3.63, 3.8) is 0 Å². The first-order chi connectivity index (χ1) is 15.6. The first-order valence-corrected chi connectivity index (χ1v) is 10.8. The average Bonchev–Trinajstić information content (AvgIpc) is 2.75. The quantitative estimate of drug-likeness (QED) is 0.240. The lowest BCUT2D eigenvalue weighted by Gasteiger charge is -2.13. The normalized spacial score (nSPS) is 11.3. The fourth-order valence-electron chi connectivity index (χ4n) is 2.70. The molecule has 0 aromatic heterocycles. The SMILES string of the molecule is O=C(O)c1ccccc1NS(=O)(=O)c1cc([N+](=O)[O-])ccc1NN=Cc1c(F)cccc1Cl. The van der Waals surface area contributed by atoms with Crippen molar-refractivity contribution in [1.29, 1.82) is 0 Å². The van der Waals surface area contributed by atoms with Gasteiger partial charge >= 0.3 is 5.97 Å². The number of nitro groups is 1. The number of carbonyl (C=O) groups is 1. The monoisotopic (exact) mass is 492 g/mol. The smallest absolute Gasteiger partial charge is 0.337 e. The topological polar surface area (TPSA) is 151 Å². The van der Waals surface area contributed by atoms with Crippen molar-refractivity contribution in [2.45, 2.75) is 4.90 Å². The molecule has 0 radical (unpaired) electrons. The van der Waals surface area contributed by atoms with E-state index in [2.05, 4.69) is 15.2 Å². The number of rotatable bonds is 8. The van der Waals surface area contributed by atoms with Gasteiger partial charge in [-0.2, -0.15) is 5.10 Å². The van der Waals surface area contributed by atoms with Crippen molar-refractivity contribution < 1.29 is 27.6 Å². The Morgan fingerprint density at radius 2 is 1.85 bits per heavy atom. The molecule has 0 heterocycles. The number of nitrogens with one attached hydrogen (secondary N) is 2. The van der Waals surface area contributed by atoms with Gasteiger partial charge < -0.3 is 5.11 Å². The van der Waals surface area contributed by atoms with Gasteiger partial charge in [0, 0.05) is 17.7 Å². The highest BCUT2D eigenvalue weighted by Crippen LogP contribution is 2.29. The highest BCUT2D eigenvalue weighted by molar-refractivity contribution is 7.93. The summed E-state index contributed by atoms with van der Waals surface area (Å²) in [5.74, 6) is -2.05. The predicted octanol–water partition coefficient (Wildman–Crippen LogP) is 4.33. The number of carboxylic acid groups (broad SMARTS) is 1. The summed E-state index contributed by atoms with van der Waals surface area (Å²) in [6.07, 6.45) is 1.02. The molecule has 0 aliphatic rings. The van der Waals surface area contributed by atoms with Gasteiger partial charge in [0.15, 0.2) is 0 Å². The van der Waals surface area contributed by atoms with Crippen LogP contribution in [0.1, 0.15) is 15.9 Å². The molecule has 33 heavy (non-hydrogen) atoms. The van der Waals surface area contributed by atoms with Gasteiger partial charge in [-0.25, -0.2) is 17.6 Å². The number of carboxylic acids is 1. The van der Waals surface area contributed by atoms with E-state index >= 15 is 0 Å². The Kier molecular flexibility index (Phi) is 6.89. The molecular formula is C20H14ClFN4O6S. The van der Waals surface area contributed by atoms with E-state index in [1.807, 2.05) is 0 Å². The van der Waals surface area contributed by atoms with Crippen LogP contribution >= 0.6 is 11.6 Å². The molecule has 0 saturated heterocycles. The third kappa shape index (κ3) is 5.42. The zero-order chi connectivity index (χ0) is 24.2. The minimum atomic E-state index is -4.52. The van der Waals surface area contributed by atoms with E-state index in [1.54, 1.807) is 0 Å². The van der Waals surface area contributed by atoms with E-state index in [-0.39, 0.29) is 27.5 Å². The summed E-state index contributed by atoms with van der Waals surface area (Å²) >= 11 is 5.91. The van der Waals surface area contributed by atoms with Gasteiger partial charge in [-0.1, -0.05) is 29.8 Å². The molecule has 0 aliphatic carbocycles. The van der Waals surface area contributed by atoms with Gasteiger partial charge in [0.25, 0.3) is 15.7 Å². The molecular weight excluding hydrogens is 479 g/mol. The second-order valence-electron chi connectivity index (χ2n) is 6.40. The van der Waals surface area contributed by atoms with E-state index in [0.29, 0.717) is 0 Å². The van der Waals surface area contributed by atoms with Crippen LogP contribution in [0.15, 0.2) is 70.7 Å². The molecule has 0 amide bonds. The number of hydrazone groups is 1. The number of benzene rings is 3. The van der Waals surface area contributed by atoms with Gasteiger partial charge in [0.2, 0.25) is 0 Å². The molecule has 10 nitrogen and oxygen atoms in total. The number of para-hydroxylation sites is 1. The summed E-state index contributed by atoms with van der Waals surface area (Å²) in [7, 11) is -4.52. The molecule has 0 saturated carbocycles. The summed E-state index contributed by atoms with van der Waals surface area (Å²) in [6, 6.07) is 12.1. The molecule has 0 aliphatic heterocycles. The molecule has 3 aromatic carbocycles. The zero-order valence-corrected chi connectivity index (χ0v) is 18.0. The summed E-state index contributed by atoms with van der Waals surface area (Å²) in [5, 5.41) is 24.3. The lowest BCUT2D eigenvalue weighted by Crippen LogP contribution is -2.17. The van der Waals surface area contributed by atoms with Crippen molar-refractivity contribution in [1.82, 2.24) is 0 Å². The van der Waals surface area contributed by atoms with Crippen molar-refractivity contribution >= 4 is 50.9 Å². The lowest BCUT2D eigenvalue weighted by molar-refractivity contribution is -0.385. The Labute approximate surface area is 191 Å². The largest absolute Gasteiger partial charge is 0.478 e. The fourth-order valence-corrected chi connectivity index (χ4v) is 4.17. The van der Waals surface area contributed by atoms with E-state index < -0.39 is 37.3 Å². The highest BCUT2D eigenvalue weighted by Gasteiger charge is 2.24. The summed E-state index contributed by atoms with van der Waals surface area (Å²) in [6.45, 7) is 0. The summed E-state index contributed by atoms with van der Waals surface area (Å²) < 4.78 is 42.0. The average molecular weight is 493 g/mol. The third-order valence-electron chi connectivity index (χ3n) is 4.25. The standard InChI is InChI=1S/C20H14ClFN4O6S/c21-15-5-3-6-16(22)14(15)11-23-24-18-9-8-12(26(29)30)10-19(18)33(31,32)25-17-7-2-1-4-13(17)20(27)28/h1-11,24-25H,(H,27,28). The van der Waals surface area contributed by atoms with Crippen LogP contribution in [-0.4, -0.2) is 30.6 Å². The molecule has 0 atom stereocenters. The zero-order valence-electron chi connectivity index (χ0n) is 16.4. The second-order valence-corrected chi connectivity index (χ2v) is 8.46. The van der Waals surface area contributed by atoms with E-state index in [1.165, 1.54) is 36.4 Å². The molecule has 3 rings (SSSR count). The number of nitrogens with zero attached hydrogens (tertiary/aromatic N) is 2. The predicted molar refractivity (Wildman–Crippen MR) is 120 cm³/mol. The Bertz CT molecular complexity index is 1360. The number of non-ortho nitro benzene ring substituents is 1. The summed E-state index contributed by atoms with van der Waals surface area (Å²) in [4.78, 5) is 21.2. The molecule has 13 heteroatoms. The number of hydrogen-bond donors (Lipinski definition) is 3. The van der Waals surface area contributed by atoms with E-state index in [0.717, 1.165) is 30.5 Å². The molecule has 170 valence electrons. The van der Waals surface area contributed by atoms with Crippen LogP contribution in [0.5, 0.6) is 0 Å². The number of nitro benzene ring substituents is 1. The van der Waals surface area contributed by atoms with E-state index in [4.69, 9.17) is 11.6 Å². The molecule has 3 aromatic rings. The number of sulfonamides is 1. The molecule has 0 unspecified atom stereocenters. The fraction of sp³-hybridized carbons (Fsp3) is 0. The minimum Gasteiger partial charge on any atom is -0.478 e. The van der Waals surface area contributed by atoms with Crippen LogP contribution in [0.4, 0.5) is 21.5 Å². The number of aromatic carboxylic acids is 1. The van der Waals surface area contributed by atoms with Crippen LogP contribution in [0.3, 0.4) is 0 Å². The first-order valence-electron chi connectivity index (χ1n) is 8.97. The molecule has 0 spiro atoms. The Morgan fingerprint density at radius 3 is 2.52 bits per heavy atom. The Balaban J connectivity index is 2.01. The van der Waals surface area contributed by atoms with Crippen LogP contribution in [0.2, 0.25) is 5.02 Å². The lowest BCUT2D eigenvalue weighted by atomic mass is 10.2. The third-order valence-corrected chi connectivity index (χ3v) is 5.98. The number of hydrogen-bond acceptors (Lipinski definition) is 7. The van der Waals surface area contributed by atoms with Gasteiger partial charge in [0.05, 0.1) is 33.1 Å². The van der Waals surface area contributed by atoms with Crippen LogP contribution < -0.4 is 10.1 Å². The maximum absolute atomic E-state index is 13.9. The maximum Gasteiger partial charge on any atom is 0.337 e. The van der Waals surface area contributed by atoms with Gasteiger partial charge in [0.1, 0.15) is 10.7 Å². The van der Waals surface area contributed by atoms with Gasteiger partial charge in [-0.05, 0) is 30.3 Å². The van der Waals surface area contributed by atoms with Crippen LogP contribution in [0, 0.1) is 15.9 Å². The van der Waals surface area contributed by atoms with Crippen molar-refractivity contribution in [3.8, 4) is 0 Å².